The van der Waals surface area contributed by atoms with E-state index in [1.54, 1.807) is 23.1 Å². The van der Waals surface area contributed by atoms with Crippen molar-refractivity contribution in [3.8, 4) is 0 Å². The van der Waals surface area contributed by atoms with E-state index in [9.17, 15) is 9.59 Å². The topological polar surface area (TPSA) is 68.3 Å². The molecule has 2 aromatic rings. The molecule has 1 heterocycles. The molecule has 1 amide bonds. The van der Waals surface area contributed by atoms with Crippen molar-refractivity contribution in [3.05, 3.63) is 45.9 Å². The van der Waals surface area contributed by atoms with Gasteiger partial charge in [-0.25, -0.2) is 4.98 Å². The lowest BCUT2D eigenvalue weighted by Gasteiger charge is -2.06. The molecule has 7 heteroatoms. The Morgan fingerprint density at radius 3 is 2.64 bits per heavy atom. The number of hydrogen-bond donors (Lipinski definition) is 1. The maximum atomic E-state index is 12.1. The molecular weight excluding hydrogens is 356 g/mol. The molecule has 0 fully saturated rings. The molecular formula is C18H22N2O3S2. The molecule has 1 N–H and O–H groups in total. The molecule has 0 atom stereocenters. The SMILES string of the molecule is COC(=O)CCCCNC(=O)c1ccc(SCc2csc(C)n2)cc1. The summed E-state index contributed by atoms with van der Waals surface area (Å²) in [6.07, 6.45) is 1.84. The number of aryl methyl sites for hydroxylation is 1. The lowest BCUT2D eigenvalue weighted by atomic mass is 10.2. The number of nitrogens with zero attached hydrogens (tertiary/aromatic N) is 1. The van der Waals surface area contributed by atoms with Gasteiger partial charge in [-0.15, -0.1) is 23.1 Å². The zero-order valence-electron chi connectivity index (χ0n) is 14.4. The highest BCUT2D eigenvalue weighted by atomic mass is 32.2. The molecule has 2 rings (SSSR count). The van der Waals surface area contributed by atoms with Crippen LogP contribution in [0.15, 0.2) is 34.5 Å². The average molecular weight is 379 g/mol. The minimum absolute atomic E-state index is 0.0928. The Labute approximate surface area is 156 Å². The molecule has 134 valence electrons. The number of amides is 1. The van der Waals surface area contributed by atoms with Crippen LogP contribution in [0.4, 0.5) is 0 Å². The molecule has 0 radical (unpaired) electrons. The lowest BCUT2D eigenvalue weighted by molar-refractivity contribution is -0.140. The number of nitrogens with one attached hydrogen (secondary N) is 1. The van der Waals surface area contributed by atoms with Crippen LogP contribution in [0.3, 0.4) is 0 Å². The molecule has 0 aliphatic carbocycles. The lowest BCUT2D eigenvalue weighted by Crippen LogP contribution is -2.24. The molecule has 1 aromatic heterocycles. The fraction of sp³-hybridized carbons (Fsp3) is 0.389. The Morgan fingerprint density at radius 2 is 2.00 bits per heavy atom. The summed E-state index contributed by atoms with van der Waals surface area (Å²) in [6, 6.07) is 7.57. The number of aromatic nitrogens is 1. The van der Waals surface area contributed by atoms with Gasteiger partial charge < -0.3 is 10.1 Å². The zero-order chi connectivity index (χ0) is 18.1. The van der Waals surface area contributed by atoms with E-state index in [1.165, 1.54) is 7.11 Å². The summed E-state index contributed by atoms with van der Waals surface area (Å²) in [5.41, 5.74) is 1.73. The summed E-state index contributed by atoms with van der Waals surface area (Å²) in [7, 11) is 1.38. The Hall–Kier alpha value is -1.86. The maximum Gasteiger partial charge on any atom is 0.305 e. The molecule has 0 spiro atoms. The van der Waals surface area contributed by atoms with Gasteiger partial charge in [0, 0.05) is 34.6 Å². The Balaban J connectivity index is 1.71. The largest absolute Gasteiger partial charge is 0.469 e. The number of carbonyl (C=O) groups excluding carboxylic acids is 2. The standard InChI is InChI=1S/C18H22N2O3S2/c1-13-20-15(11-24-13)12-25-16-8-6-14(7-9-16)18(22)19-10-4-3-5-17(21)23-2/h6-9,11H,3-5,10,12H2,1-2H3,(H,19,22). The van der Waals surface area contributed by atoms with Gasteiger partial charge in [0.05, 0.1) is 17.8 Å². The first-order valence-electron chi connectivity index (χ1n) is 8.07. The van der Waals surface area contributed by atoms with Crippen LogP contribution in [-0.4, -0.2) is 30.5 Å². The van der Waals surface area contributed by atoms with Crippen molar-refractivity contribution in [1.29, 1.82) is 0 Å². The number of thioether (sulfide) groups is 1. The monoisotopic (exact) mass is 378 g/mol. The molecule has 0 unspecified atom stereocenters. The predicted molar refractivity (Wildman–Crippen MR) is 101 cm³/mol. The zero-order valence-corrected chi connectivity index (χ0v) is 16.0. The minimum atomic E-state index is -0.216. The van der Waals surface area contributed by atoms with Crippen LogP contribution in [0, 0.1) is 6.92 Å². The summed E-state index contributed by atoms with van der Waals surface area (Å²) < 4.78 is 4.58. The summed E-state index contributed by atoms with van der Waals surface area (Å²) in [4.78, 5) is 28.6. The van der Waals surface area contributed by atoms with Gasteiger partial charge in [0.2, 0.25) is 0 Å². The van der Waals surface area contributed by atoms with Crippen LogP contribution < -0.4 is 5.32 Å². The van der Waals surface area contributed by atoms with Gasteiger partial charge in [-0.1, -0.05) is 0 Å². The number of ether oxygens (including phenoxy) is 1. The van der Waals surface area contributed by atoms with Gasteiger partial charge in [-0.2, -0.15) is 0 Å². The van der Waals surface area contributed by atoms with E-state index >= 15 is 0 Å². The highest BCUT2D eigenvalue weighted by Gasteiger charge is 2.06. The Bertz CT molecular complexity index is 699. The van der Waals surface area contributed by atoms with Crippen LogP contribution in [-0.2, 0) is 15.3 Å². The van der Waals surface area contributed by atoms with Crippen LogP contribution in [0.2, 0.25) is 0 Å². The number of carbonyl (C=O) groups is 2. The summed E-state index contributed by atoms with van der Waals surface area (Å²) in [6.45, 7) is 2.55. The van der Waals surface area contributed by atoms with Crippen LogP contribution in [0.5, 0.6) is 0 Å². The first-order valence-corrected chi connectivity index (χ1v) is 9.94. The molecule has 0 aliphatic heterocycles. The van der Waals surface area contributed by atoms with E-state index in [-0.39, 0.29) is 11.9 Å². The number of rotatable bonds is 9. The highest BCUT2D eigenvalue weighted by Crippen LogP contribution is 2.23. The fourth-order valence-corrected chi connectivity index (χ4v) is 3.64. The van der Waals surface area contributed by atoms with Crippen molar-refractivity contribution in [2.24, 2.45) is 0 Å². The fourth-order valence-electron chi connectivity index (χ4n) is 2.13. The minimum Gasteiger partial charge on any atom is -0.469 e. The quantitative estimate of drug-likeness (QED) is 0.408. The second-order valence-electron chi connectivity index (χ2n) is 5.46. The molecule has 0 saturated carbocycles. The van der Waals surface area contributed by atoms with Gasteiger partial charge in [-0.3, -0.25) is 9.59 Å². The summed E-state index contributed by atoms with van der Waals surface area (Å²) in [5, 5.41) is 6.02. The predicted octanol–water partition coefficient (Wildman–Crippen LogP) is 3.82. The van der Waals surface area contributed by atoms with Crippen molar-refractivity contribution in [1.82, 2.24) is 10.3 Å². The Morgan fingerprint density at radius 1 is 1.24 bits per heavy atom. The third-order valence-electron chi connectivity index (χ3n) is 3.49. The normalized spacial score (nSPS) is 10.5. The van der Waals surface area contributed by atoms with Gasteiger partial charge >= 0.3 is 5.97 Å². The first-order chi connectivity index (χ1) is 12.1. The highest BCUT2D eigenvalue weighted by molar-refractivity contribution is 7.98. The maximum absolute atomic E-state index is 12.1. The van der Waals surface area contributed by atoms with Crippen LogP contribution >= 0.6 is 23.1 Å². The summed E-state index contributed by atoms with van der Waals surface area (Å²) >= 11 is 3.36. The van der Waals surface area contributed by atoms with Crippen molar-refractivity contribution in [2.75, 3.05) is 13.7 Å². The van der Waals surface area contributed by atoms with Crippen molar-refractivity contribution < 1.29 is 14.3 Å². The van der Waals surface area contributed by atoms with Crippen molar-refractivity contribution in [2.45, 2.75) is 36.8 Å². The summed E-state index contributed by atoms with van der Waals surface area (Å²) in [5.74, 6) is 0.521. The smallest absolute Gasteiger partial charge is 0.305 e. The molecule has 0 bridgehead atoms. The molecule has 5 nitrogen and oxygen atoms in total. The van der Waals surface area contributed by atoms with Gasteiger partial charge in [-0.05, 0) is 44.0 Å². The Kier molecular flexibility index (Phi) is 7.94. The second-order valence-corrected chi connectivity index (χ2v) is 7.57. The van der Waals surface area contributed by atoms with Crippen LogP contribution in [0.1, 0.15) is 40.3 Å². The first kappa shape index (κ1) is 19.5. The van der Waals surface area contributed by atoms with E-state index in [2.05, 4.69) is 20.4 Å². The van der Waals surface area contributed by atoms with Crippen LogP contribution in [0.25, 0.3) is 0 Å². The molecule has 1 aromatic carbocycles. The average Bonchev–Trinajstić information content (AvgIpc) is 3.05. The van der Waals surface area contributed by atoms with Gasteiger partial charge in [0.15, 0.2) is 0 Å². The number of benzene rings is 1. The van der Waals surface area contributed by atoms with Gasteiger partial charge in [0.1, 0.15) is 0 Å². The third kappa shape index (κ3) is 6.88. The number of thiazole rings is 1. The molecule has 0 aliphatic rings. The molecule has 0 saturated heterocycles. The second kappa shape index (κ2) is 10.2. The molecule has 25 heavy (non-hydrogen) atoms. The number of unbranched alkanes of at least 4 members (excludes halogenated alkanes) is 1. The number of methoxy groups -OCH3 is 1. The van der Waals surface area contributed by atoms with E-state index in [0.717, 1.165) is 27.8 Å². The van der Waals surface area contributed by atoms with E-state index in [1.807, 2.05) is 31.2 Å². The van der Waals surface area contributed by atoms with E-state index in [0.29, 0.717) is 24.9 Å². The van der Waals surface area contributed by atoms with Crippen molar-refractivity contribution >= 4 is 35.0 Å². The van der Waals surface area contributed by atoms with Gasteiger partial charge in [0.25, 0.3) is 5.91 Å². The number of esters is 1. The van der Waals surface area contributed by atoms with Crippen molar-refractivity contribution in [3.63, 3.8) is 0 Å². The number of hydrogen-bond acceptors (Lipinski definition) is 6. The van der Waals surface area contributed by atoms with E-state index in [4.69, 9.17) is 0 Å². The van der Waals surface area contributed by atoms with E-state index < -0.39 is 0 Å². The third-order valence-corrected chi connectivity index (χ3v) is 5.36.